The molecule has 0 saturated carbocycles. The number of anilines is 2. The zero-order valence-corrected chi connectivity index (χ0v) is 22.6. The number of hydrogen-bond donors (Lipinski definition) is 1. The molecule has 2 aliphatic rings. The molecule has 0 aliphatic carbocycles. The molecule has 40 heavy (non-hydrogen) atoms. The van der Waals surface area contributed by atoms with Gasteiger partial charge in [-0.1, -0.05) is 0 Å². The molecule has 2 saturated heterocycles. The van der Waals surface area contributed by atoms with E-state index in [2.05, 4.69) is 30.5 Å². The van der Waals surface area contributed by atoms with Crippen molar-refractivity contribution in [2.45, 2.75) is 37.9 Å². The predicted octanol–water partition coefficient (Wildman–Crippen LogP) is 3.90. The van der Waals surface area contributed by atoms with Crippen LogP contribution in [-0.4, -0.2) is 87.8 Å². The van der Waals surface area contributed by atoms with Crippen molar-refractivity contribution in [3.8, 4) is 11.4 Å². The van der Waals surface area contributed by atoms with Gasteiger partial charge in [0.15, 0.2) is 0 Å². The van der Waals surface area contributed by atoms with E-state index in [4.69, 9.17) is 0 Å². The number of piperazine rings is 1. The maximum Gasteiger partial charge on any atom is 0.416 e. The molecule has 1 N–H and O–H groups in total. The SMILES string of the molecule is Cn1nnc(-c2ccc(NC3CCN(C(=O)CCCN4CCN(c5ccc(C(F)(F)F)cc5)CC4)CC3)cc2)n1. The van der Waals surface area contributed by atoms with Crippen LogP contribution >= 0.6 is 0 Å². The molecular weight excluding hydrogens is 521 g/mol. The highest BCUT2D eigenvalue weighted by molar-refractivity contribution is 5.76. The van der Waals surface area contributed by atoms with Crippen molar-refractivity contribution in [1.29, 1.82) is 0 Å². The average molecular weight is 557 g/mol. The summed E-state index contributed by atoms with van der Waals surface area (Å²) in [5, 5.41) is 15.7. The van der Waals surface area contributed by atoms with Crippen molar-refractivity contribution in [2.75, 3.05) is 56.0 Å². The number of aryl methyl sites for hydroxylation is 1. The third-order valence-corrected chi connectivity index (χ3v) is 7.67. The number of benzene rings is 2. The highest BCUT2D eigenvalue weighted by atomic mass is 19.4. The van der Waals surface area contributed by atoms with E-state index in [0.717, 1.165) is 94.1 Å². The Morgan fingerprint density at radius 2 is 1.62 bits per heavy atom. The van der Waals surface area contributed by atoms with Gasteiger partial charge >= 0.3 is 6.18 Å². The smallest absolute Gasteiger partial charge is 0.382 e. The van der Waals surface area contributed by atoms with E-state index < -0.39 is 11.7 Å². The van der Waals surface area contributed by atoms with Crippen LogP contribution in [0.15, 0.2) is 48.5 Å². The summed E-state index contributed by atoms with van der Waals surface area (Å²) >= 11 is 0. The number of nitrogens with zero attached hydrogens (tertiary/aromatic N) is 7. The summed E-state index contributed by atoms with van der Waals surface area (Å²) < 4.78 is 38.4. The molecule has 5 rings (SSSR count). The molecule has 214 valence electrons. The van der Waals surface area contributed by atoms with Gasteiger partial charge in [-0.25, -0.2) is 0 Å². The molecule has 2 aromatic carbocycles. The lowest BCUT2D eigenvalue weighted by atomic mass is 10.0. The van der Waals surface area contributed by atoms with Gasteiger partial charge < -0.3 is 15.1 Å². The van der Waals surface area contributed by atoms with Crippen LogP contribution in [-0.2, 0) is 18.0 Å². The number of hydrogen-bond acceptors (Lipinski definition) is 7. The van der Waals surface area contributed by atoms with Crippen LogP contribution in [0.5, 0.6) is 0 Å². The maximum absolute atomic E-state index is 12.8. The summed E-state index contributed by atoms with van der Waals surface area (Å²) in [4.78, 5) is 20.7. The predicted molar refractivity (Wildman–Crippen MR) is 147 cm³/mol. The van der Waals surface area contributed by atoms with E-state index in [1.807, 2.05) is 29.2 Å². The maximum atomic E-state index is 12.8. The lowest BCUT2D eigenvalue weighted by molar-refractivity contribution is -0.137. The van der Waals surface area contributed by atoms with Crippen molar-refractivity contribution in [3.05, 3.63) is 54.1 Å². The second-order valence-corrected chi connectivity index (χ2v) is 10.5. The first-order valence-electron chi connectivity index (χ1n) is 13.8. The molecule has 2 aliphatic heterocycles. The van der Waals surface area contributed by atoms with Gasteiger partial charge in [-0.05, 0) is 79.6 Å². The number of aromatic nitrogens is 4. The third-order valence-electron chi connectivity index (χ3n) is 7.67. The van der Waals surface area contributed by atoms with E-state index in [-0.39, 0.29) is 5.91 Å². The van der Waals surface area contributed by atoms with E-state index >= 15 is 0 Å². The van der Waals surface area contributed by atoms with E-state index in [0.29, 0.717) is 18.3 Å². The molecule has 12 heteroatoms. The van der Waals surface area contributed by atoms with Crippen molar-refractivity contribution in [1.82, 2.24) is 30.0 Å². The van der Waals surface area contributed by atoms with Crippen molar-refractivity contribution in [2.24, 2.45) is 7.05 Å². The van der Waals surface area contributed by atoms with Gasteiger partial charge in [-0.15, -0.1) is 10.2 Å². The van der Waals surface area contributed by atoms with Crippen LogP contribution in [0.3, 0.4) is 0 Å². The summed E-state index contributed by atoms with van der Waals surface area (Å²) in [6.07, 6.45) is -1.15. The van der Waals surface area contributed by atoms with Crippen LogP contribution in [0.25, 0.3) is 11.4 Å². The lowest BCUT2D eigenvalue weighted by Gasteiger charge is -2.36. The second kappa shape index (κ2) is 12.2. The van der Waals surface area contributed by atoms with E-state index in [9.17, 15) is 18.0 Å². The van der Waals surface area contributed by atoms with E-state index in [1.165, 1.54) is 4.80 Å². The average Bonchev–Trinajstić information content (AvgIpc) is 3.40. The summed E-state index contributed by atoms with van der Waals surface area (Å²) in [5.74, 6) is 0.809. The number of carbonyl (C=O) groups is 1. The number of alkyl halides is 3. The molecule has 3 aromatic rings. The summed E-state index contributed by atoms with van der Waals surface area (Å²) in [6.45, 7) is 5.56. The second-order valence-electron chi connectivity index (χ2n) is 10.5. The van der Waals surface area contributed by atoms with E-state index in [1.54, 1.807) is 19.2 Å². The fraction of sp³-hybridized carbons (Fsp3) is 0.500. The summed E-state index contributed by atoms with van der Waals surface area (Å²) in [5.41, 5.74) is 2.15. The molecule has 3 heterocycles. The van der Waals surface area contributed by atoms with Crippen LogP contribution in [0.1, 0.15) is 31.2 Å². The van der Waals surface area contributed by atoms with Crippen LogP contribution in [0.2, 0.25) is 0 Å². The number of likely N-dealkylation sites (tertiary alicyclic amines) is 1. The Morgan fingerprint density at radius 1 is 0.950 bits per heavy atom. The number of carbonyl (C=O) groups excluding carboxylic acids is 1. The van der Waals surface area contributed by atoms with Crippen LogP contribution < -0.4 is 10.2 Å². The van der Waals surface area contributed by atoms with Crippen molar-refractivity contribution in [3.63, 3.8) is 0 Å². The van der Waals surface area contributed by atoms with Gasteiger partial charge in [0.1, 0.15) is 0 Å². The molecule has 0 bridgehead atoms. The first-order chi connectivity index (χ1) is 19.2. The zero-order valence-electron chi connectivity index (χ0n) is 22.6. The Kier molecular flexibility index (Phi) is 8.53. The van der Waals surface area contributed by atoms with Gasteiger partial charge in [0.25, 0.3) is 0 Å². The molecule has 0 atom stereocenters. The fourth-order valence-corrected chi connectivity index (χ4v) is 5.33. The van der Waals surface area contributed by atoms with Gasteiger partial charge in [0.05, 0.1) is 12.6 Å². The topological polar surface area (TPSA) is 82.4 Å². The van der Waals surface area contributed by atoms with Crippen LogP contribution in [0, 0.1) is 0 Å². The van der Waals surface area contributed by atoms with Gasteiger partial charge in [-0.3, -0.25) is 9.69 Å². The van der Waals surface area contributed by atoms with Gasteiger partial charge in [-0.2, -0.15) is 18.0 Å². The molecular formula is C28H35F3N8O. The fourth-order valence-electron chi connectivity index (χ4n) is 5.33. The number of piperidine rings is 1. The first kappa shape index (κ1) is 27.9. The Bertz CT molecular complexity index is 1250. The first-order valence-corrected chi connectivity index (χ1v) is 13.8. The Balaban J connectivity index is 0.976. The molecule has 1 aromatic heterocycles. The minimum atomic E-state index is -4.31. The number of amides is 1. The number of tetrazole rings is 1. The number of rotatable bonds is 8. The summed E-state index contributed by atoms with van der Waals surface area (Å²) in [7, 11) is 1.74. The van der Waals surface area contributed by atoms with Crippen LogP contribution in [0.4, 0.5) is 24.5 Å². The highest BCUT2D eigenvalue weighted by Gasteiger charge is 2.30. The van der Waals surface area contributed by atoms with Gasteiger partial charge in [0.2, 0.25) is 11.7 Å². The minimum absolute atomic E-state index is 0.211. The Labute approximate surface area is 231 Å². The van der Waals surface area contributed by atoms with Crippen molar-refractivity contribution < 1.29 is 18.0 Å². The molecule has 2 fully saturated rings. The molecule has 0 radical (unpaired) electrons. The molecule has 0 spiro atoms. The molecule has 9 nitrogen and oxygen atoms in total. The number of halogens is 3. The Hall–Kier alpha value is -3.67. The normalized spacial score (nSPS) is 17.3. The summed E-state index contributed by atoms with van der Waals surface area (Å²) in [6, 6.07) is 13.7. The number of nitrogens with one attached hydrogen (secondary N) is 1. The highest BCUT2D eigenvalue weighted by Crippen LogP contribution is 2.30. The largest absolute Gasteiger partial charge is 0.416 e. The molecule has 0 unspecified atom stereocenters. The lowest BCUT2D eigenvalue weighted by Crippen LogP contribution is -2.47. The quantitative estimate of drug-likeness (QED) is 0.451. The third kappa shape index (κ3) is 7.09. The Morgan fingerprint density at radius 3 is 2.23 bits per heavy atom. The van der Waals surface area contributed by atoms with Crippen molar-refractivity contribution >= 4 is 17.3 Å². The monoisotopic (exact) mass is 556 g/mol. The zero-order chi connectivity index (χ0) is 28.1. The van der Waals surface area contributed by atoms with Gasteiger partial charge in [0, 0.05) is 68.7 Å². The minimum Gasteiger partial charge on any atom is -0.382 e. The molecule has 1 amide bonds. The standard InChI is InChI=1S/C28H35F3N8O/c1-36-34-27(33-35-36)21-4-8-23(9-5-21)32-24-12-15-39(16-13-24)26(40)3-2-14-37-17-19-38(20-18-37)25-10-6-22(7-11-25)28(29,30)31/h4-11,24,32H,2-3,12-20H2,1H3.